The number of rotatable bonds is 4. The van der Waals surface area contributed by atoms with Crippen LogP contribution in [0.4, 0.5) is 0 Å². The van der Waals surface area contributed by atoms with Gasteiger partial charge in [0.1, 0.15) is 5.75 Å². The topological polar surface area (TPSA) is 77.2 Å². The van der Waals surface area contributed by atoms with E-state index in [9.17, 15) is 4.79 Å². The molecule has 0 bridgehead atoms. The normalized spacial score (nSPS) is 10.5. The van der Waals surface area contributed by atoms with Gasteiger partial charge in [0.25, 0.3) is 5.91 Å². The highest BCUT2D eigenvalue weighted by atomic mass is 16.5. The monoisotopic (exact) mass is 259 g/mol. The molecule has 2 rings (SSSR count). The number of nitrogens with zero attached hydrogens (tertiary/aromatic N) is 1. The average molecular weight is 259 g/mol. The van der Waals surface area contributed by atoms with E-state index in [1.165, 1.54) is 0 Å². The molecule has 0 aliphatic carbocycles. The fourth-order valence-electron chi connectivity index (χ4n) is 1.94. The molecule has 0 aliphatic rings. The Morgan fingerprint density at radius 1 is 1.42 bits per heavy atom. The SMILES string of the molecule is COc1ccc2c(C(=O)NCCN)cc(C)nc2c1. The zero-order chi connectivity index (χ0) is 13.8. The van der Waals surface area contributed by atoms with Crippen molar-refractivity contribution >= 4 is 16.8 Å². The van der Waals surface area contributed by atoms with E-state index in [-0.39, 0.29) is 5.91 Å². The van der Waals surface area contributed by atoms with E-state index in [1.807, 2.05) is 25.1 Å². The van der Waals surface area contributed by atoms with Gasteiger partial charge >= 0.3 is 0 Å². The molecular weight excluding hydrogens is 242 g/mol. The number of ether oxygens (including phenoxy) is 1. The summed E-state index contributed by atoms with van der Waals surface area (Å²) < 4.78 is 5.17. The van der Waals surface area contributed by atoms with E-state index in [0.29, 0.717) is 18.7 Å². The summed E-state index contributed by atoms with van der Waals surface area (Å²) in [7, 11) is 1.60. The lowest BCUT2D eigenvalue weighted by molar-refractivity contribution is 0.0956. The number of benzene rings is 1. The largest absolute Gasteiger partial charge is 0.497 e. The zero-order valence-corrected chi connectivity index (χ0v) is 11.1. The van der Waals surface area contributed by atoms with Gasteiger partial charge in [0.2, 0.25) is 0 Å². The van der Waals surface area contributed by atoms with Crippen molar-refractivity contribution in [1.29, 1.82) is 0 Å². The Morgan fingerprint density at radius 2 is 2.21 bits per heavy atom. The molecule has 0 saturated heterocycles. The Hall–Kier alpha value is -2.14. The van der Waals surface area contributed by atoms with E-state index in [1.54, 1.807) is 13.2 Å². The summed E-state index contributed by atoms with van der Waals surface area (Å²) in [6.45, 7) is 2.73. The molecular formula is C14H17N3O2. The van der Waals surface area contributed by atoms with Crippen LogP contribution < -0.4 is 15.8 Å². The minimum atomic E-state index is -0.133. The van der Waals surface area contributed by atoms with Gasteiger partial charge in [-0.3, -0.25) is 9.78 Å². The van der Waals surface area contributed by atoms with Crippen LogP contribution in [0, 0.1) is 6.92 Å². The molecule has 0 atom stereocenters. The Bertz CT molecular complexity index is 611. The van der Waals surface area contributed by atoms with Crippen LogP contribution in [-0.4, -0.2) is 31.1 Å². The summed E-state index contributed by atoms with van der Waals surface area (Å²) in [6.07, 6.45) is 0. The van der Waals surface area contributed by atoms with Crippen molar-refractivity contribution in [2.75, 3.05) is 20.2 Å². The van der Waals surface area contributed by atoms with E-state index in [0.717, 1.165) is 22.3 Å². The van der Waals surface area contributed by atoms with Gasteiger partial charge in [-0.15, -0.1) is 0 Å². The van der Waals surface area contributed by atoms with Crippen LogP contribution in [0.2, 0.25) is 0 Å². The van der Waals surface area contributed by atoms with Crippen LogP contribution in [0.1, 0.15) is 16.1 Å². The summed E-state index contributed by atoms with van der Waals surface area (Å²) in [5, 5.41) is 3.58. The number of fused-ring (bicyclic) bond motifs is 1. The first-order chi connectivity index (χ1) is 9.15. The molecule has 0 radical (unpaired) electrons. The van der Waals surface area contributed by atoms with Crippen LogP contribution in [0.25, 0.3) is 10.9 Å². The highest BCUT2D eigenvalue weighted by molar-refractivity contribution is 6.06. The molecule has 0 unspecified atom stereocenters. The highest BCUT2D eigenvalue weighted by Crippen LogP contribution is 2.23. The molecule has 1 aromatic carbocycles. The number of methoxy groups -OCH3 is 1. The summed E-state index contributed by atoms with van der Waals surface area (Å²) in [5.41, 5.74) is 7.54. The fraction of sp³-hybridized carbons (Fsp3) is 0.286. The van der Waals surface area contributed by atoms with Crippen molar-refractivity contribution in [2.45, 2.75) is 6.92 Å². The zero-order valence-electron chi connectivity index (χ0n) is 11.1. The molecule has 1 heterocycles. The number of hydrogen-bond acceptors (Lipinski definition) is 4. The third-order valence-electron chi connectivity index (χ3n) is 2.82. The first kappa shape index (κ1) is 13.3. The third-order valence-corrected chi connectivity index (χ3v) is 2.82. The number of carbonyl (C=O) groups excluding carboxylic acids is 1. The predicted molar refractivity (Wildman–Crippen MR) is 74.4 cm³/mol. The van der Waals surface area contributed by atoms with Crippen molar-refractivity contribution in [2.24, 2.45) is 5.73 Å². The van der Waals surface area contributed by atoms with E-state index >= 15 is 0 Å². The maximum absolute atomic E-state index is 12.1. The second-order valence-corrected chi connectivity index (χ2v) is 4.24. The highest BCUT2D eigenvalue weighted by Gasteiger charge is 2.12. The van der Waals surface area contributed by atoms with Gasteiger partial charge in [0.15, 0.2) is 0 Å². The van der Waals surface area contributed by atoms with Crippen molar-refractivity contribution in [3.8, 4) is 5.75 Å². The number of nitrogens with two attached hydrogens (primary N) is 1. The molecule has 0 aliphatic heterocycles. The van der Waals surface area contributed by atoms with Crippen LogP contribution in [-0.2, 0) is 0 Å². The number of amides is 1. The Kier molecular flexibility index (Phi) is 3.97. The molecule has 2 aromatic rings. The second-order valence-electron chi connectivity index (χ2n) is 4.24. The smallest absolute Gasteiger partial charge is 0.252 e. The van der Waals surface area contributed by atoms with E-state index in [2.05, 4.69) is 10.3 Å². The van der Waals surface area contributed by atoms with Crippen LogP contribution >= 0.6 is 0 Å². The predicted octanol–water partition coefficient (Wildman–Crippen LogP) is 1.24. The summed E-state index contributed by atoms with van der Waals surface area (Å²) in [6, 6.07) is 7.26. The van der Waals surface area contributed by atoms with Crippen molar-refractivity contribution in [3.05, 3.63) is 35.5 Å². The lowest BCUT2D eigenvalue weighted by Crippen LogP contribution is -2.29. The number of aromatic nitrogens is 1. The standard InChI is InChI=1S/C14H17N3O2/c1-9-7-12(14(18)16-6-5-15)11-4-3-10(19-2)8-13(11)17-9/h3-4,7-8H,5-6,15H2,1-2H3,(H,16,18). The van der Waals surface area contributed by atoms with Gasteiger partial charge in [-0.1, -0.05) is 0 Å². The third kappa shape index (κ3) is 2.82. The average Bonchev–Trinajstić information content (AvgIpc) is 2.42. The fourth-order valence-corrected chi connectivity index (χ4v) is 1.94. The molecule has 19 heavy (non-hydrogen) atoms. The van der Waals surface area contributed by atoms with Crippen molar-refractivity contribution in [3.63, 3.8) is 0 Å². The number of pyridine rings is 1. The van der Waals surface area contributed by atoms with E-state index < -0.39 is 0 Å². The lowest BCUT2D eigenvalue weighted by Gasteiger charge is -2.09. The Morgan fingerprint density at radius 3 is 2.89 bits per heavy atom. The minimum Gasteiger partial charge on any atom is -0.497 e. The summed E-state index contributed by atoms with van der Waals surface area (Å²) >= 11 is 0. The van der Waals surface area contributed by atoms with Crippen LogP contribution in [0.5, 0.6) is 5.75 Å². The molecule has 1 aromatic heterocycles. The summed E-state index contributed by atoms with van der Waals surface area (Å²) in [5.74, 6) is 0.588. The molecule has 3 N–H and O–H groups in total. The van der Waals surface area contributed by atoms with Gasteiger partial charge < -0.3 is 15.8 Å². The lowest BCUT2D eigenvalue weighted by atomic mass is 10.1. The van der Waals surface area contributed by atoms with Gasteiger partial charge in [0, 0.05) is 30.2 Å². The number of nitrogens with one attached hydrogen (secondary N) is 1. The van der Waals surface area contributed by atoms with Crippen molar-refractivity contribution < 1.29 is 9.53 Å². The number of aryl methyl sites for hydroxylation is 1. The molecule has 0 fully saturated rings. The van der Waals surface area contributed by atoms with Gasteiger partial charge in [-0.2, -0.15) is 0 Å². The van der Waals surface area contributed by atoms with Crippen LogP contribution in [0.3, 0.4) is 0 Å². The Labute approximate surface area is 111 Å². The van der Waals surface area contributed by atoms with Gasteiger partial charge in [-0.25, -0.2) is 0 Å². The Balaban J connectivity index is 2.51. The maximum Gasteiger partial charge on any atom is 0.252 e. The first-order valence-electron chi connectivity index (χ1n) is 6.09. The van der Waals surface area contributed by atoms with E-state index in [4.69, 9.17) is 10.5 Å². The first-order valence-corrected chi connectivity index (χ1v) is 6.09. The molecule has 0 spiro atoms. The molecule has 1 amide bonds. The molecule has 0 saturated carbocycles. The molecule has 5 heteroatoms. The quantitative estimate of drug-likeness (QED) is 0.866. The van der Waals surface area contributed by atoms with Crippen LogP contribution in [0.15, 0.2) is 24.3 Å². The molecule has 5 nitrogen and oxygen atoms in total. The minimum absolute atomic E-state index is 0.133. The number of hydrogen-bond donors (Lipinski definition) is 2. The van der Waals surface area contributed by atoms with Gasteiger partial charge in [0.05, 0.1) is 18.2 Å². The van der Waals surface area contributed by atoms with Crippen molar-refractivity contribution in [1.82, 2.24) is 10.3 Å². The van der Waals surface area contributed by atoms with Gasteiger partial charge in [-0.05, 0) is 25.1 Å². The molecule has 100 valence electrons. The second kappa shape index (κ2) is 5.67. The maximum atomic E-state index is 12.1. The summed E-state index contributed by atoms with van der Waals surface area (Å²) in [4.78, 5) is 16.5. The number of carbonyl (C=O) groups is 1.